The van der Waals surface area contributed by atoms with E-state index in [0.29, 0.717) is 11.5 Å². The van der Waals surface area contributed by atoms with Crippen molar-refractivity contribution >= 4 is 11.8 Å². The molecule has 2 rings (SSSR count). The molecule has 0 amide bonds. The largest absolute Gasteiger partial charge is 0.508 e. The Bertz CT molecular complexity index is 717. The molecule has 2 nitrogen and oxygen atoms in total. The number of phenols is 2. The van der Waals surface area contributed by atoms with Gasteiger partial charge in [-0.3, -0.25) is 0 Å². The van der Waals surface area contributed by atoms with E-state index < -0.39 is 0 Å². The second kappa shape index (κ2) is 13.7. The van der Waals surface area contributed by atoms with Crippen molar-refractivity contribution < 1.29 is 10.2 Å². The van der Waals surface area contributed by atoms with E-state index in [-0.39, 0.29) is 0 Å². The molecule has 3 heteroatoms. The standard InChI is InChI=1S/C28H42O2S/c1-21(2)13-7-5-9-15-23-25(29)17-11-19-27(23)31-28-20-12-18-26(30)24(28)16-10-6-8-14-22(3)4/h11-12,17-22,29-30H,5-10,13-16H2,1-4H3. The molecule has 0 saturated carbocycles. The summed E-state index contributed by atoms with van der Waals surface area (Å²) in [4.78, 5) is 2.21. The van der Waals surface area contributed by atoms with Crippen LogP contribution in [0.15, 0.2) is 46.2 Å². The van der Waals surface area contributed by atoms with Crippen molar-refractivity contribution in [3.8, 4) is 11.5 Å². The van der Waals surface area contributed by atoms with Gasteiger partial charge in [0.25, 0.3) is 0 Å². The highest BCUT2D eigenvalue weighted by atomic mass is 32.2. The number of benzene rings is 2. The highest BCUT2D eigenvalue weighted by Gasteiger charge is 2.14. The lowest BCUT2D eigenvalue weighted by atomic mass is 10.0. The zero-order valence-electron chi connectivity index (χ0n) is 20.0. The van der Waals surface area contributed by atoms with E-state index >= 15 is 0 Å². The van der Waals surface area contributed by atoms with Crippen LogP contribution in [0, 0.1) is 11.8 Å². The molecular weight excluding hydrogens is 400 g/mol. The zero-order valence-corrected chi connectivity index (χ0v) is 20.8. The zero-order chi connectivity index (χ0) is 22.6. The molecule has 0 radical (unpaired) electrons. The number of hydrogen-bond acceptors (Lipinski definition) is 3. The molecule has 31 heavy (non-hydrogen) atoms. The molecule has 0 aliphatic rings. The van der Waals surface area contributed by atoms with Crippen molar-refractivity contribution in [3.63, 3.8) is 0 Å². The van der Waals surface area contributed by atoms with E-state index in [2.05, 4.69) is 39.8 Å². The van der Waals surface area contributed by atoms with Gasteiger partial charge in [-0.15, -0.1) is 0 Å². The normalized spacial score (nSPS) is 11.5. The van der Waals surface area contributed by atoms with Crippen LogP contribution in [-0.4, -0.2) is 10.2 Å². The molecule has 2 aromatic rings. The van der Waals surface area contributed by atoms with Crippen LogP contribution in [0.1, 0.15) is 90.2 Å². The molecule has 0 aliphatic heterocycles. The van der Waals surface area contributed by atoms with Gasteiger partial charge >= 0.3 is 0 Å². The third-order valence-electron chi connectivity index (χ3n) is 5.85. The minimum Gasteiger partial charge on any atom is -0.508 e. The quantitative estimate of drug-likeness (QED) is 0.287. The van der Waals surface area contributed by atoms with Crippen LogP contribution in [0.3, 0.4) is 0 Å². The van der Waals surface area contributed by atoms with E-state index in [0.717, 1.165) is 58.4 Å². The average Bonchev–Trinajstić information content (AvgIpc) is 2.70. The number of rotatable bonds is 14. The fourth-order valence-corrected chi connectivity index (χ4v) is 5.17. The SMILES string of the molecule is CC(C)CCCCCc1c(O)cccc1Sc1cccc(O)c1CCCCCC(C)C. The maximum atomic E-state index is 10.5. The van der Waals surface area contributed by atoms with Crippen molar-refractivity contribution in [2.24, 2.45) is 11.8 Å². The minimum atomic E-state index is 0.393. The predicted octanol–water partition coefficient (Wildman–Crippen LogP) is 8.77. The van der Waals surface area contributed by atoms with Crippen LogP contribution >= 0.6 is 11.8 Å². The molecule has 0 fully saturated rings. The molecule has 0 spiro atoms. The Morgan fingerprint density at radius 1 is 0.613 bits per heavy atom. The van der Waals surface area contributed by atoms with Gasteiger partial charge in [0, 0.05) is 20.9 Å². The Kier molecular flexibility index (Phi) is 11.4. The first kappa shape index (κ1) is 25.6. The lowest BCUT2D eigenvalue weighted by molar-refractivity contribution is 0.462. The Balaban J connectivity index is 2.05. The minimum absolute atomic E-state index is 0.393. The smallest absolute Gasteiger partial charge is 0.119 e. The van der Waals surface area contributed by atoms with Crippen molar-refractivity contribution in [2.75, 3.05) is 0 Å². The Morgan fingerprint density at radius 2 is 1.03 bits per heavy atom. The van der Waals surface area contributed by atoms with E-state index in [1.54, 1.807) is 23.9 Å². The summed E-state index contributed by atoms with van der Waals surface area (Å²) in [7, 11) is 0. The first-order chi connectivity index (χ1) is 14.9. The predicted molar refractivity (Wildman–Crippen MR) is 134 cm³/mol. The van der Waals surface area contributed by atoms with Gasteiger partial charge in [-0.25, -0.2) is 0 Å². The molecule has 172 valence electrons. The van der Waals surface area contributed by atoms with Crippen LogP contribution < -0.4 is 0 Å². The third kappa shape index (κ3) is 9.19. The fraction of sp³-hybridized carbons (Fsp3) is 0.571. The summed E-state index contributed by atoms with van der Waals surface area (Å²) >= 11 is 1.69. The topological polar surface area (TPSA) is 40.5 Å². The molecule has 0 aliphatic carbocycles. The summed E-state index contributed by atoms with van der Waals surface area (Å²) < 4.78 is 0. The number of aromatic hydroxyl groups is 2. The number of phenolic OH excluding ortho intramolecular Hbond substituents is 2. The summed E-state index contributed by atoms with van der Waals surface area (Å²) in [6, 6.07) is 11.6. The second-order valence-electron chi connectivity index (χ2n) is 9.60. The van der Waals surface area contributed by atoms with Gasteiger partial charge in [-0.05, 0) is 61.8 Å². The van der Waals surface area contributed by atoms with Gasteiger partial charge in [0.15, 0.2) is 0 Å². The average molecular weight is 443 g/mol. The lowest BCUT2D eigenvalue weighted by Crippen LogP contribution is -1.95. The summed E-state index contributed by atoms with van der Waals surface area (Å²) in [6.07, 6.45) is 11.4. The van der Waals surface area contributed by atoms with Gasteiger partial charge in [0.1, 0.15) is 11.5 Å². The molecular formula is C28H42O2S. The van der Waals surface area contributed by atoms with E-state index in [4.69, 9.17) is 0 Å². The lowest BCUT2D eigenvalue weighted by Gasteiger charge is -2.15. The van der Waals surface area contributed by atoms with Crippen molar-refractivity contribution in [1.29, 1.82) is 0 Å². The third-order valence-corrected chi connectivity index (χ3v) is 7.06. The highest BCUT2D eigenvalue weighted by molar-refractivity contribution is 7.99. The molecule has 0 aromatic heterocycles. The maximum Gasteiger partial charge on any atom is 0.119 e. The van der Waals surface area contributed by atoms with Gasteiger partial charge in [-0.2, -0.15) is 0 Å². The summed E-state index contributed by atoms with van der Waals surface area (Å²) in [5.74, 6) is 2.30. The van der Waals surface area contributed by atoms with Crippen molar-refractivity contribution in [1.82, 2.24) is 0 Å². The number of hydrogen-bond donors (Lipinski definition) is 2. The van der Waals surface area contributed by atoms with E-state index in [1.165, 1.54) is 38.5 Å². The molecule has 0 heterocycles. The Labute approximate surface area is 194 Å². The van der Waals surface area contributed by atoms with E-state index in [9.17, 15) is 10.2 Å². The van der Waals surface area contributed by atoms with Crippen LogP contribution in [-0.2, 0) is 12.8 Å². The molecule has 0 saturated heterocycles. The molecule has 2 aromatic carbocycles. The van der Waals surface area contributed by atoms with Crippen molar-refractivity contribution in [3.05, 3.63) is 47.5 Å². The molecule has 0 unspecified atom stereocenters. The van der Waals surface area contributed by atoms with Crippen LogP contribution in [0.5, 0.6) is 11.5 Å². The first-order valence-electron chi connectivity index (χ1n) is 12.2. The number of unbranched alkanes of at least 4 members (excludes halogenated alkanes) is 4. The van der Waals surface area contributed by atoms with Gasteiger partial charge in [0.2, 0.25) is 0 Å². The van der Waals surface area contributed by atoms with Gasteiger partial charge in [-0.1, -0.05) is 90.1 Å². The van der Waals surface area contributed by atoms with Crippen LogP contribution in [0.2, 0.25) is 0 Å². The monoisotopic (exact) mass is 442 g/mol. The Morgan fingerprint density at radius 3 is 1.42 bits per heavy atom. The van der Waals surface area contributed by atoms with Crippen molar-refractivity contribution in [2.45, 2.75) is 102 Å². The molecule has 0 bridgehead atoms. The molecule has 2 N–H and O–H groups in total. The summed E-state index contributed by atoms with van der Waals surface area (Å²) in [6.45, 7) is 9.09. The summed E-state index contributed by atoms with van der Waals surface area (Å²) in [5.41, 5.74) is 2.09. The van der Waals surface area contributed by atoms with Crippen LogP contribution in [0.4, 0.5) is 0 Å². The molecule has 0 atom stereocenters. The first-order valence-corrected chi connectivity index (χ1v) is 13.0. The maximum absolute atomic E-state index is 10.5. The Hall–Kier alpha value is -1.61. The van der Waals surface area contributed by atoms with Gasteiger partial charge < -0.3 is 10.2 Å². The highest BCUT2D eigenvalue weighted by Crippen LogP contribution is 2.39. The van der Waals surface area contributed by atoms with Gasteiger partial charge in [0.05, 0.1) is 0 Å². The fourth-order valence-electron chi connectivity index (χ4n) is 3.98. The van der Waals surface area contributed by atoms with Crippen LogP contribution in [0.25, 0.3) is 0 Å². The summed E-state index contributed by atoms with van der Waals surface area (Å²) in [5, 5.41) is 21.0. The second-order valence-corrected chi connectivity index (χ2v) is 10.7. The van der Waals surface area contributed by atoms with E-state index in [1.807, 2.05) is 12.1 Å².